The van der Waals surface area contributed by atoms with Crippen molar-refractivity contribution in [2.75, 3.05) is 23.7 Å². The Morgan fingerprint density at radius 1 is 1.32 bits per heavy atom. The number of hydrogen-bond acceptors (Lipinski definition) is 4. The smallest absolute Gasteiger partial charge is 0.139 e. The van der Waals surface area contributed by atoms with Gasteiger partial charge in [-0.3, -0.25) is 0 Å². The Balaban J connectivity index is 1.97. The molecule has 19 heavy (non-hydrogen) atoms. The van der Waals surface area contributed by atoms with Crippen molar-refractivity contribution in [1.29, 1.82) is 0 Å². The predicted octanol–water partition coefficient (Wildman–Crippen LogP) is 2.69. The van der Waals surface area contributed by atoms with Gasteiger partial charge in [-0.1, -0.05) is 13.8 Å². The van der Waals surface area contributed by atoms with Gasteiger partial charge >= 0.3 is 0 Å². The highest BCUT2D eigenvalue weighted by atomic mass is 15.2. The quantitative estimate of drug-likeness (QED) is 0.839. The van der Waals surface area contributed by atoms with Crippen molar-refractivity contribution in [2.24, 2.45) is 11.8 Å². The van der Waals surface area contributed by atoms with Crippen LogP contribution in [-0.4, -0.2) is 23.1 Å². The van der Waals surface area contributed by atoms with E-state index in [2.05, 4.69) is 28.7 Å². The summed E-state index contributed by atoms with van der Waals surface area (Å²) < 4.78 is 0. The number of nitrogen functional groups attached to an aromatic ring is 1. The van der Waals surface area contributed by atoms with Crippen molar-refractivity contribution in [3.63, 3.8) is 0 Å². The van der Waals surface area contributed by atoms with Gasteiger partial charge in [-0.25, -0.2) is 9.97 Å². The molecule has 1 unspecified atom stereocenters. The van der Waals surface area contributed by atoms with E-state index in [9.17, 15) is 0 Å². The molecule has 4 nitrogen and oxygen atoms in total. The van der Waals surface area contributed by atoms with Crippen LogP contribution in [0.2, 0.25) is 0 Å². The SMILES string of the molecule is CC(C)C1CCN(c2ncnc3cc(N)ccc23)C1. The predicted molar refractivity (Wildman–Crippen MR) is 79.1 cm³/mol. The van der Waals surface area contributed by atoms with Gasteiger partial charge in [-0.2, -0.15) is 0 Å². The van der Waals surface area contributed by atoms with Gasteiger partial charge in [0.05, 0.1) is 5.52 Å². The maximum atomic E-state index is 5.82. The molecular formula is C15H20N4. The highest BCUT2D eigenvalue weighted by Gasteiger charge is 2.26. The number of anilines is 2. The summed E-state index contributed by atoms with van der Waals surface area (Å²) in [6, 6.07) is 5.87. The molecule has 1 aromatic heterocycles. The topological polar surface area (TPSA) is 55.0 Å². The highest BCUT2D eigenvalue weighted by Crippen LogP contribution is 2.31. The van der Waals surface area contributed by atoms with Gasteiger partial charge < -0.3 is 10.6 Å². The van der Waals surface area contributed by atoms with Gasteiger partial charge in [0.15, 0.2) is 0 Å². The molecule has 0 saturated carbocycles. The van der Waals surface area contributed by atoms with Gasteiger partial charge in [0.2, 0.25) is 0 Å². The summed E-state index contributed by atoms with van der Waals surface area (Å²) in [5.74, 6) is 2.54. The second kappa shape index (κ2) is 4.68. The number of hydrogen-bond donors (Lipinski definition) is 1. The van der Waals surface area contributed by atoms with Crippen LogP contribution in [0.4, 0.5) is 11.5 Å². The van der Waals surface area contributed by atoms with Crippen molar-refractivity contribution in [3.8, 4) is 0 Å². The van der Waals surface area contributed by atoms with Crippen molar-refractivity contribution in [2.45, 2.75) is 20.3 Å². The molecule has 1 atom stereocenters. The van der Waals surface area contributed by atoms with Crippen LogP contribution in [0.15, 0.2) is 24.5 Å². The molecule has 0 radical (unpaired) electrons. The first-order chi connectivity index (χ1) is 9.15. The van der Waals surface area contributed by atoms with Gasteiger partial charge in [-0.15, -0.1) is 0 Å². The molecule has 1 aliphatic heterocycles. The zero-order valence-corrected chi connectivity index (χ0v) is 11.5. The minimum absolute atomic E-state index is 0.730. The highest BCUT2D eigenvalue weighted by molar-refractivity contribution is 5.91. The average Bonchev–Trinajstić information content (AvgIpc) is 2.87. The third-order valence-corrected chi connectivity index (χ3v) is 4.11. The molecule has 4 heteroatoms. The lowest BCUT2D eigenvalue weighted by Gasteiger charge is -2.20. The van der Waals surface area contributed by atoms with E-state index in [4.69, 9.17) is 5.73 Å². The maximum absolute atomic E-state index is 5.82. The van der Waals surface area contributed by atoms with Crippen LogP contribution in [0.3, 0.4) is 0 Å². The summed E-state index contributed by atoms with van der Waals surface area (Å²) >= 11 is 0. The lowest BCUT2D eigenvalue weighted by Crippen LogP contribution is -2.22. The van der Waals surface area contributed by atoms with Gasteiger partial charge in [0.25, 0.3) is 0 Å². The summed E-state index contributed by atoms with van der Waals surface area (Å²) in [6.45, 7) is 6.77. The molecule has 0 aliphatic carbocycles. The fourth-order valence-electron chi connectivity index (χ4n) is 2.84. The number of nitrogens with two attached hydrogens (primary N) is 1. The minimum Gasteiger partial charge on any atom is -0.399 e. The first-order valence-electron chi connectivity index (χ1n) is 6.90. The maximum Gasteiger partial charge on any atom is 0.139 e. The summed E-state index contributed by atoms with van der Waals surface area (Å²) in [7, 11) is 0. The molecule has 2 N–H and O–H groups in total. The molecule has 2 heterocycles. The first-order valence-corrected chi connectivity index (χ1v) is 6.90. The number of nitrogens with zero attached hydrogens (tertiary/aromatic N) is 3. The van der Waals surface area contributed by atoms with Crippen molar-refractivity contribution in [1.82, 2.24) is 9.97 Å². The number of benzene rings is 1. The Labute approximate surface area is 113 Å². The van der Waals surface area contributed by atoms with Crippen LogP contribution < -0.4 is 10.6 Å². The molecule has 0 amide bonds. The molecule has 1 saturated heterocycles. The Bertz CT molecular complexity index is 594. The van der Waals surface area contributed by atoms with Gasteiger partial charge in [0.1, 0.15) is 12.1 Å². The standard InChI is InChI=1S/C15H20N4/c1-10(2)11-5-6-19(8-11)15-13-4-3-12(16)7-14(13)17-9-18-15/h3-4,7,9-11H,5-6,8,16H2,1-2H3. The van der Waals surface area contributed by atoms with Crippen LogP contribution in [0, 0.1) is 11.8 Å². The fourth-order valence-corrected chi connectivity index (χ4v) is 2.84. The molecule has 100 valence electrons. The largest absolute Gasteiger partial charge is 0.399 e. The van der Waals surface area contributed by atoms with Gasteiger partial charge in [-0.05, 0) is 36.5 Å². The van der Waals surface area contributed by atoms with E-state index < -0.39 is 0 Å². The second-order valence-electron chi connectivity index (χ2n) is 5.71. The van der Waals surface area contributed by atoms with E-state index in [0.29, 0.717) is 0 Å². The zero-order valence-electron chi connectivity index (χ0n) is 11.5. The van der Waals surface area contributed by atoms with Crippen molar-refractivity contribution < 1.29 is 0 Å². The number of aromatic nitrogens is 2. The van der Waals surface area contributed by atoms with Crippen LogP contribution in [0.5, 0.6) is 0 Å². The second-order valence-corrected chi connectivity index (χ2v) is 5.71. The van der Waals surface area contributed by atoms with Crippen LogP contribution in [0.1, 0.15) is 20.3 Å². The molecule has 1 fully saturated rings. The van der Waals surface area contributed by atoms with E-state index >= 15 is 0 Å². The lowest BCUT2D eigenvalue weighted by molar-refractivity contribution is 0.422. The first kappa shape index (κ1) is 12.2. The van der Waals surface area contributed by atoms with Crippen LogP contribution in [-0.2, 0) is 0 Å². The molecular weight excluding hydrogens is 236 g/mol. The lowest BCUT2D eigenvalue weighted by atomic mass is 9.95. The van der Waals surface area contributed by atoms with Crippen molar-refractivity contribution >= 4 is 22.4 Å². The number of fused-ring (bicyclic) bond motifs is 1. The van der Waals surface area contributed by atoms with Crippen LogP contribution >= 0.6 is 0 Å². The van der Waals surface area contributed by atoms with E-state index in [-0.39, 0.29) is 0 Å². The summed E-state index contributed by atoms with van der Waals surface area (Å²) in [5.41, 5.74) is 7.49. The summed E-state index contributed by atoms with van der Waals surface area (Å²) in [6.07, 6.45) is 2.89. The molecule has 0 bridgehead atoms. The molecule has 1 aromatic carbocycles. The van der Waals surface area contributed by atoms with Gasteiger partial charge in [0, 0.05) is 24.2 Å². The normalized spacial score (nSPS) is 19.5. The fraction of sp³-hybridized carbons (Fsp3) is 0.467. The zero-order chi connectivity index (χ0) is 13.4. The molecule has 3 rings (SSSR count). The Hall–Kier alpha value is -1.84. The summed E-state index contributed by atoms with van der Waals surface area (Å²) in [4.78, 5) is 11.2. The molecule has 0 spiro atoms. The van der Waals surface area contributed by atoms with E-state index in [1.165, 1.54) is 6.42 Å². The average molecular weight is 256 g/mol. The third kappa shape index (κ3) is 2.23. The molecule has 2 aromatic rings. The Morgan fingerprint density at radius 2 is 2.16 bits per heavy atom. The Kier molecular flexibility index (Phi) is 3.01. The third-order valence-electron chi connectivity index (χ3n) is 4.11. The minimum atomic E-state index is 0.730. The molecule has 1 aliphatic rings. The Morgan fingerprint density at radius 3 is 2.89 bits per heavy atom. The van der Waals surface area contributed by atoms with Crippen LogP contribution in [0.25, 0.3) is 10.9 Å². The number of rotatable bonds is 2. The van der Waals surface area contributed by atoms with Crippen molar-refractivity contribution in [3.05, 3.63) is 24.5 Å². The van der Waals surface area contributed by atoms with E-state index in [1.54, 1.807) is 6.33 Å². The van der Waals surface area contributed by atoms with E-state index in [0.717, 1.165) is 47.3 Å². The van der Waals surface area contributed by atoms with E-state index in [1.807, 2.05) is 18.2 Å². The monoisotopic (exact) mass is 256 g/mol. The summed E-state index contributed by atoms with van der Waals surface area (Å²) in [5, 5.41) is 1.10.